The van der Waals surface area contributed by atoms with Crippen LogP contribution in [0.2, 0.25) is 0 Å². The van der Waals surface area contributed by atoms with Crippen LogP contribution in [0.15, 0.2) is 30.3 Å². The van der Waals surface area contributed by atoms with E-state index in [0.717, 1.165) is 37.7 Å². The third-order valence-electron chi connectivity index (χ3n) is 5.76. The molecule has 6 nitrogen and oxygen atoms in total. The van der Waals surface area contributed by atoms with Crippen molar-refractivity contribution in [3.05, 3.63) is 35.9 Å². The number of likely N-dealkylation sites (tertiary alicyclic amines) is 1. The zero-order valence-electron chi connectivity index (χ0n) is 16.5. The van der Waals surface area contributed by atoms with E-state index in [1.165, 1.54) is 11.8 Å². The van der Waals surface area contributed by atoms with Crippen LogP contribution >= 0.6 is 0 Å². The molecule has 2 fully saturated rings. The quantitative estimate of drug-likeness (QED) is 0.720. The topological polar surface area (TPSA) is 72.9 Å². The number of ether oxygens (including phenoxy) is 2. The summed E-state index contributed by atoms with van der Waals surface area (Å²) in [6.45, 7) is 2.37. The SMILES string of the molecule is CC(=O)OC1CCC(CC2CCN(C(=O)OCc3ccccc3)CC2=O)CC1. The molecule has 6 heteroatoms. The minimum absolute atomic E-state index is 0.0217. The highest BCUT2D eigenvalue weighted by Crippen LogP contribution is 2.33. The molecule has 28 heavy (non-hydrogen) atoms. The van der Waals surface area contributed by atoms with Crippen LogP contribution in [-0.4, -0.2) is 41.9 Å². The van der Waals surface area contributed by atoms with Gasteiger partial charge >= 0.3 is 12.1 Å². The summed E-state index contributed by atoms with van der Waals surface area (Å²) in [6.07, 6.45) is 4.92. The lowest BCUT2D eigenvalue weighted by atomic mass is 9.78. The number of piperidine rings is 1. The minimum Gasteiger partial charge on any atom is -0.463 e. The molecule has 152 valence electrons. The van der Waals surface area contributed by atoms with E-state index in [-0.39, 0.29) is 36.9 Å². The zero-order valence-corrected chi connectivity index (χ0v) is 16.5. The molecule has 0 bridgehead atoms. The summed E-state index contributed by atoms with van der Waals surface area (Å²) in [5.41, 5.74) is 0.932. The predicted octanol–water partition coefficient (Wildman–Crippen LogP) is 3.73. The van der Waals surface area contributed by atoms with Crippen molar-refractivity contribution >= 4 is 17.8 Å². The molecule has 1 atom stereocenters. The summed E-state index contributed by atoms with van der Waals surface area (Å²) in [4.78, 5) is 37.4. The predicted molar refractivity (Wildman–Crippen MR) is 103 cm³/mol. The molecule has 1 aromatic carbocycles. The third-order valence-corrected chi connectivity index (χ3v) is 5.76. The standard InChI is InChI=1S/C22H29NO5/c1-16(24)28-20-9-7-17(8-10-20)13-19-11-12-23(14-21(19)25)22(26)27-15-18-5-3-2-4-6-18/h2-6,17,19-20H,7-15H2,1H3. The molecule has 1 aromatic rings. The van der Waals surface area contributed by atoms with Crippen LogP contribution in [0, 0.1) is 11.8 Å². The van der Waals surface area contributed by atoms with E-state index in [1.807, 2.05) is 30.3 Å². The van der Waals surface area contributed by atoms with Gasteiger partial charge in [0.2, 0.25) is 0 Å². The lowest BCUT2D eigenvalue weighted by molar-refractivity contribution is -0.148. The number of carbonyl (C=O) groups excluding carboxylic acids is 3. The Morgan fingerprint density at radius 2 is 1.79 bits per heavy atom. The van der Waals surface area contributed by atoms with Crippen LogP contribution < -0.4 is 0 Å². The first-order chi connectivity index (χ1) is 13.5. The molecule has 1 amide bonds. The maximum atomic E-state index is 12.5. The van der Waals surface area contributed by atoms with Crippen molar-refractivity contribution in [1.82, 2.24) is 4.90 Å². The smallest absolute Gasteiger partial charge is 0.410 e. The van der Waals surface area contributed by atoms with Crippen LogP contribution in [0.5, 0.6) is 0 Å². The largest absolute Gasteiger partial charge is 0.463 e. The van der Waals surface area contributed by atoms with Crippen LogP contribution in [-0.2, 0) is 25.7 Å². The van der Waals surface area contributed by atoms with Gasteiger partial charge in [0.05, 0.1) is 6.54 Å². The summed E-state index contributed by atoms with van der Waals surface area (Å²) in [6, 6.07) is 9.52. The Kier molecular flexibility index (Phi) is 7.06. The lowest BCUT2D eigenvalue weighted by Gasteiger charge is -2.34. The van der Waals surface area contributed by atoms with Crippen molar-refractivity contribution < 1.29 is 23.9 Å². The highest BCUT2D eigenvalue weighted by atomic mass is 16.6. The molecule has 0 spiro atoms. The van der Waals surface area contributed by atoms with Gasteiger partial charge in [0.25, 0.3) is 0 Å². The fraction of sp³-hybridized carbons (Fsp3) is 0.591. The average molecular weight is 387 g/mol. The second kappa shape index (κ2) is 9.71. The zero-order chi connectivity index (χ0) is 19.9. The molecule has 1 saturated heterocycles. The number of Topliss-reactive ketones (excluding diaryl/α,β-unsaturated/α-hetero) is 1. The molecule has 1 aliphatic heterocycles. The van der Waals surface area contributed by atoms with Gasteiger partial charge in [-0.2, -0.15) is 0 Å². The first-order valence-electron chi connectivity index (χ1n) is 10.2. The van der Waals surface area contributed by atoms with E-state index in [0.29, 0.717) is 18.9 Å². The summed E-state index contributed by atoms with van der Waals surface area (Å²) in [7, 11) is 0. The normalized spacial score (nSPS) is 25.2. The van der Waals surface area contributed by atoms with Crippen molar-refractivity contribution in [3.63, 3.8) is 0 Å². The Morgan fingerprint density at radius 3 is 2.43 bits per heavy atom. The van der Waals surface area contributed by atoms with Crippen LogP contribution in [0.4, 0.5) is 4.79 Å². The molecule has 0 aromatic heterocycles. The van der Waals surface area contributed by atoms with Gasteiger partial charge in [-0.25, -0.2) is 4.79 Å². The summed E-state index contributed by atoms with van der Waals surface area (Å²) >= 11 is 0. The molecule has 2 aliphatic rings. The highest BCUT2D eigenvalue weighted by molar-refractivity contribution is 5.87. The first-order valence-corrected chi connectivity index (χ1v) is 10.2. The van der Waals surface area contributed by atoms with Crippen molar-refractivity contribution in [3.8, 4) is 0 Å². The molecule has 1 unspecified atom stereocenters. The fourth-order valence-electron chi connectivity index (χ4n) is 4.21. The Hall–Kier alpha value is -2.37. The molecule has 1 heterocycles. The Balaban J connectivity index is 1.39. The van der Waals surface area contributed by atoms with Crippen molar-refractivity contribution in [2.24, 2.45) is 11.8 Å². The van der Waals surface area contributed by atoms with E-state index >= 15 is 0 Å². The van der Waals surface area contributed by atoms with Crippen LogP contribution in [0.25, 0.3) is 0 Å². The Bertz CT molecular complexity index is 681. The Labute approximate surface area is 166 Å². The number of nitrogens with zero attached hydrogens (tertiary/aromatic N) is 1. The van der Waals surface area contributed by atoms with Crippen molar-refractivity contribution in [1.29, 1.82) is 0 Å². The van der Waals surface area contributed by atoms with Crippen LogP contribution in [0.1, 0.15) is 51.0 Å². The van der Waals surface area contributed by atoms with Gasteiger partial charge in [-0.1, -0.05) is 30.3 Å². The average Bonchev–Trinajstić information content (AvgIpc) is 2.69. The maximum Gasteiger partial charge on any atom is 0.410 e. The minimum atomic E-state index is -0.419. The number of hydrogen-bond donors (Lipinski definition) is 0. The second-order valence-corrected chi connectivity index (χ2v) is 7.90. The number of carbonyl (C=O) groups is 3. The summed E-state index contributed by atoms with van der Waals surface area (Å²) in [5, 5.41) is 0. The third kappa shape index (κ3) is 5.81. The lowest BCUT2D eigenvalue weighted by Crippen LogP contribution is -2.45. The fourth-order valence-corrected chi connectivity index (χ4v) is 4.21. The van der Waals surface area contributed by atoms with Gasteiger partial charge in [-0.05, 0) is 50.0 Å². The second-order valence-electron chi connectivity index (χ2n) is 7.90. The number of benzene rings is 1. The van der Waals surface area contributed by atoms with E-state index in [2.05, 4.69) is 0 Å². The van der Waals surface area contributed by atoms with Gasteiger partial charge < -0.3 is 14.4 Å². The van der Waals surface area contributed by atoms with Gasteiger partial charge in [-0.3, -0.25) is 9.59 Å². The van der Waals surface area contributed by atoms with Gasteiger partial charge in [-0.15, -0.1) is 0 Å². The number of amides is 1. The number of rotatable bonds is 5. The highest BCUT2D eigenvalue weighted by Gasteiger charge is 2.33. The first kappa shape index (κ1) is 20.4. The maximum absolute atomic E-state index is 12.5. The van der Waals surface area contributed by atoms with Gasteiger partial charge in [0.15, 0.2) is 5.78 Å². The number of ketones is 1. The molecule has 0 radical (unpaired) electrons. The number of hydrogen-bond acceptors (Lipinski definition) is 5. The van der Waals surface area contributed by atoms with Gasteiger partial charge in [0, 0.05) is 19.4 Å². The van der Waals surface area contributed by atoms with E-state index in [1.54, 1.807) is 0 Å². The monoisotopic (exact) mass is 387 g/mol. The summed E-state index contributed by atoms with van der Waals surface area (Å²) in [5.74, 6) is 0.431. The number of esters is 1. The van der Waals surface area contributed by atoms with Gasteiger partial charge in [0.1, 0.15) is 12.7 Å². The molecule has 3 rings (SSSR count). The van der Waals surface area contributed by atoms with E-state index in [4.69, 9.17) is 9.47 Å². The molecular formula is C22H29NO5. The molecule has 0 N–H and O–H groups in total. The van der Waals surface area contributed by atoms with Crippen molar-refractivity contribution in [2.45, 2.75) is 58.2 Å². The molecular weight excluding hydrogens is 358 g/mol. The Morgan fingerprint density at radius 1 is 1.07 bits per heavy atom. The summed E-state index contributed by atoms with van der Waals surface area (Å²) < 4.78 is 10.6. The van der Waals surface area contributed by atoms with E-state index < -0.39 is 6.09 Å². The van der Waals surface area contributed by atoms with Crippen molar-refractivity contribution in [2.75, 3.05) is 13.1 Å². The molecule has 1 aliphatic carbocycles. The van der Waals surface area contributed by atoms with Crippen LogP contribution in [0.3, 0.4) is 0 Å². The molecule has 1 saturated carbocycles. The van der Waals surface area contributed by atoms with E-state index in [9.17, 15) is 14.4 Å².